The first-order chi connectivity index (χ1) is 15.7. The number of benzene rings is 2. The molecule has 4 rings (SSSR count). The Hall–Kier alpha value is -3.29. The van der Waals surface area contributed by atoms with Gasteiger partial charge >= 0.3 is 5.97 Å². The molecule has 2 N–H and O–H groups in total. The third-order valence-electron chi connectivity index (χ3n) is 6.60. The van der Waals surface area contributed by atoms with Gasteiger partial charge in [-0.2, -0.15) is 0 Å². The van der Waals surface area contributed by atoms with E-state index in [9.17, 15) is 27.9 Å². The predicted molar refractivity (Wildman–Crippen MR) is 117 cm³/mol. The topological polar surface area (TPSA) is 71.3 Å². The van der Waals surface area contributed by atoms with Gasteiger partial charge in [-0.05, 0) is 68.4 Å². The number of halogens is 3. The Bertz CT molecular complexity index is 1210. The van der Waals surface area contributed by atoms with Gasteiger partial charge in [-0.1, -0.05) is 6.07 Å². The van der Waals surface area contributed by atoms with E-state index in [1.54, 1.807) is 10.6 Å². The number of carbonyl (C=O) groups excluding carboxylic acids is 1. The molecular weight excluding hydrogens is 433 g/mol. The Morgan fingerprint density at radius 1 is 1.03 bits per heavy atom. The molecule has 5 nitrogen and oxygen atoms in total. The Balaban J connectivity index is 1.46. The summed E-state index contributed by atoms with van der Waals surface area (Å²) in [4.78, 5) is 24.0. The van der Waals surface area contributed by atoms with Gasteiger partial charge in [0.15, 0.2) is 0 Å². The highest BCUT2D eigenvalue weighted by atomic mass is 19.1. The van der Waals surface area contributed by atoms with Crippen molar-refractivity contribution < 1.29 is 27.9 Å². The summed E-state index contributed by atoms with van der Waals surface area (Å²) in [5.41, 5.74) is 2.66. The molecule has 0 unspecified atom stereocenters. The number of carbonyl (C=O) groups is 2. The molecular formula is C25H25F3N2O3. The first-order valence-electron chi connectivity index (χ1n) is 11.0. The summed E-state index contributed by atoms with van der Waals surface area (Å²) in [7, 11) is 0. The number of hydrogen-bond acceptors (Lipinski definition) is 2. The quantitative estimate of drug-likeness (QED) is 0.544. The third kappa shape index (κ3) is 4.74. The van der Waals surface area contributed by atoms with Crippen LogP contribution in [-0.2, 0) is 22.7 Å². The van der Waals surface area contributed by atoms with Crippen LogP contribution >= 0.6 is 0 Å². The van der Waals surface area contributed by atoms with Gasteiger partial charge in [0, 0.05) is 40.7 Å². The van der Waals surface area contributed by atoms with E-state index >= 15 is 0 Å². The summed E-state index contributed by atoms with van der Waals surface area (Å²) in [6.45, 7) is 1.64. The number of hydrogen-bond donors (Lipinski definition) is 2. The van der Waals surface area contributed by atoms with Crippen LogP contribution in [-0.4, -0.2) is 21.6 Å². The zero-order valence-corrected chi connectivity index (χ0v) is 18.2. The van der Waals surface area contributed by atoms with E-state index < -0.39 is 17.6 Å². The molecule has 3 aromatic rings. The van der Waals surface area contributed by atoms with Crippen LogP contribution in [0, 0.1) is 30.3 Å². The van der Waals surface area contributed by atoms with Crippen molar-refractivity contribution in [2.24, 2.45) is 5.92 Å². The standard InChI is InChI=1S/C25H25F3N2O3/c1-14-24(20-10-18(26)8-9-22(20)30(14)13-23(31)32)15-2-4-16(5-3-15)25(33)29-12-17-6-7-19(27)11-21(17)28/h6-11,15-16H,2-5,12-13H2,1H3,(H,29,33)(H,31,32). The van der Waals surface area contributed by atoms with Gasteiger partial charge in [-0.15, -0.1) is 0 Å². The van der Waals surface area contributed by atoms with Gasteiger partial charge in [0.05, 0.1) is 0 Å². The van der Waals surface area contributed by atoms with Crippen LogP contribution in [0.25, 0.3) is 10.9 Å². The van der Waals surface area contributed by atoms with Crippen molar-refractivity contribution in [3.05, 3.63) is 70.7 Å². The van der Waals surface area contributed by atoms with Crippen LogP contribution in [0.4, 0.5) is 13.2 Å². The van der Waals surface area contributed by atoms with Crippen LogP contribution in [0.3, 0.4) is 0 Å². The fourth-order valence-corrected chi connectivity index (χ4v) is 4.97. The molecule has 0 bridgehead atoms. The summed E-state index contributed by atoms with van der Waals surface area (Å²) in [6.07, 6.45) is 2.63. The molecule has 1 heterocycles. The smallest absolute Gasteiger partial charge is 0.323 e. The van der Waals surface area contributed by atoms with Crippen LogP contribution in [0.2, 0.25) is 0 Å². The van der Waals surface area contributed by atoms with Gasteiger partial charge in [-0.3, -0.25) is 9.59 Å². The second-order valence-electron chi connectivity index (χ2n) is 8.64. The van der Waals surface area contributed by atoms with Crippen molar-refractivity contribution in [1.82, 2.24) is 9.88 Å². The first kappa shape index (κ1) is 22.9. The fourth-order valence-electron chi connectivity index (χ4n) is 4.97. The maximum Gasteiger partial charge on any atom is 0.323 e. The van der Waals surface area contributed by atoms with Crippen molar-refractivity contribution in [3.8, 4) is 0 Å². The van der Waals surface area contributed by atoms with Crippen LogP contribution < -0.4 is 5.32 Å². The molecule has 1 fully saturated rings. The van der Waals surface area contributed by atoms with Gasteiger partial charge in [0.25, 0.3) is 0 Å². The minimum absolute atomic E-state index is 0.00800. The van der Waals surface area contributed by atoms with Gasteiger partial charge in [0.1, 0.15) is 24.0 Å². The Morgan fingerprint density at radius 2 is 1.70 bits per heavy atom. The maximum atomic E-state index is 14.0. The number of aromatic nitrogens is 1. The molecule has 1 aliphatic carbocycles. The molecule has 1 aromatic heterocycles. The minimum atomic E-state index is -0.969. The van der Waals surface area contributed by atoms with Crippen molar-refractivity contribution in [2.45, 2.75) is 51.6 Å². The zero-order chi connectivity index (χ0) is 23.7. The van der Waals surface area contributed by atoms with E-state index in [1.807, 2.05) is 6.92 Å². The molecule has 1 saturated carbocycles. The molecule has 0 radical (unpaired) electrons. The lowest BCUT2D eigenvalue weighted by atomic mass is 9.77. The maximum absolute atomic E-state index is 14.0. The van der Waals surface area contributed by atoms with Gasteiger partial charge < -0.3 is 15.0 Å². The lowest BCUT2D eigenvalue weighted by Crippen LogP contribution is -2.32. The van der Waals surface area contributed by atoms with E-state index in [2.05, 4.69) is 5.32 Å². The predicted octanol–water partition coefficient (Wildman–Crippen LogP) is 5.04. The van der Waals surface area contributed by atoms with E-state index in [1.165, 1.54) is 18.2 Å². The van der Waals surface area contributed by atoms with Crippen molar-refractivity contribution >= 4 is 22.8 Å². The van der Waals surface area contributed by atoms with Gasteiger partial charge in [-0.25, -0.2) is 13.2 Å². The molecule has 174 valence electrons. The average Bonchev–Trinajstić information content (AvgIpc) is 3.03. The Morgan fingerprint density at radius 3 is 2.36 bits per heavy atom. The van der Waals surface area contributed by atoms with Crippen LogP contribution in [0.1, 0.15) is 48.4 Å². The molecule has 0 aliphatic heterocycles. The lowest BCUT2D eigenvalue weighted by Gasteiger charge is -2.28. The lowest BCUT2D eigenvalue weighted by molar-refractivity contribution is -0.137. The molecule has 1 aliphatic rings. The summed E-state index contributed by atoms with van der Waals surface area (Å²) >= 11 is 0. The summed E-state index contributed by atoms with van der Waals surface area (Å²) in [5, 5.41) is 12.8. The van der Waals surface area contributed by atoms with E-state index in [4.69, 9.17) is 0 Å². The minimum Gasteiger partial charge on any atom is -0.480 e. The second kappa shape index (κ2) is 9.29. The van der Waals surface area contributed by atoms with Gasteiger partial charge in [0.2, 0.25) is 5.91 Å². The molecule has 0 spiro atoms. The molecule has 2 aromatic carbocycles. The molecule has 0 saturated heterocycles. The van der Waals surface area contributed by atoms with Crippen molar-refractivity contribution in [1.29, 1.82) is 0 Å². The summed E-state index contributed by atoms with van der Waals surface area (Å²) in [5.74, 6) is -3.02. The number of nitrogens with one attached hydrogen (secondary N) is 1. The largest absolute Gasteiger partial charge is 0.480 e. The number of amides is 1. The number of aliphatic carboxylic acids is 1. The van der Waals surface area contributed by atoms with Crippen molar-refractivity contribution in [2.75, 3.05) is 0 Å². The van der Waals surface area contributed by atoms with Crippen molar-refractivity contribution in [3.63, 3.8) is 0 Å². The SMILES string of the molecule is Cc1c(C2CCC(C(=O)NCc3ccc(F)cc3F)CC2)c2cc(F)ccc2n1CC(=O)O. The molecule has 8 heteroatoms. The number of fused-ring (bicyclic) bond motifs is 1. The monoisotopic (exact) mass is 458 g/mol. The Labute approximate surface area is 189 Å². The molecule has 33 heavy (non-hydrogen) atoms. The third-order valence-corrected chi connectivity index (χ3v) is 6.60. The number of nitrogens with zero attached hydrogens (tertiary/aromatic N) is 1. The highest BCUT2D eigenvalue weighted by Gasteiger charge is 2.30. The summed E-state index contributed by atoms with van der Waals surface area (Å²) < 4.78 is 42.5. The zero-order valence-electron chi connectivity index (χ0n) is 18.2. The fraction of sp³-hybridized carbons (Fsp3) is 0.360. The molecule has 0 atom stereocenters. The highest BCUT2D eigenvalue weighted by Crippen LogP contribution is 2.41. The number of carboxylic acids is 1. The second-order valence-corrected chi connectivity index (χ2v) is 8.64. The average molecular weight is 458 g/mol. The molecule has 1 amide bonds. The van der Waals surface area contributed by atoms with Crippen LogP contribution in [0.5, 0.6) is 0 Å². The normalized spacial score (nSPS) is 18.4. The number of carboxylic acid groups (broad SMARTS) is 1. The Kier molecular flexibility index (Phi) is 6.44. The number of rotatable bonds is 6. The van der Waals surface area contributed by atoms with E-state index in [0.29, 0.717) is 36.6 Å². The van der Waals surface area contributed by atoms with E-state index in [-0.39, 0.29) is 42.2 Å². The first-order valence-corrected chi connectivity index (χ1v) is 11.0. The van der Waals surface area contributed by atoms with E-state index in [0.717, 1.165) is 23.4 Å². The van der Waals surface area contributed by atoms with Crippen LogP contribution in [0.15, 0.2) is 36.4 Å². The summed E-state index contributed by atoms with van der Waals surface area (Å²) in [6, 6.07) is 7.65. The highest BCUT2D eigenvalue weighted by molar-refractivity contribution is 5.87.